The molecule has 0 bridgehead atoms. The van der Waals surface area contributed by atoms with Gasteiger partial charge in [0.05, 0.1) is 5.92 Å². The molecule has 0 unspecified atom stereocenters. The van der Waals surface area contributed by atoms with Crippen LogP contribution in [-0.2, 0) is 10.5 Å². The minimum Gasteiger partial charge on any atom is -0.310 e. The maximum Gasteiger partial charge on any atom is 0.232 e. The Labute approximate surface area is 124 Å². The molecule has 0 radical (unpaired) electrons. The molecule has 3 rings (SSSR count). The average Bonchev–Trinajstić information content (AvgIpc) is 3.13. The van der Waals surface area contributed by atoms with E-state index in [1.807, 2.05) is 0 Å². The monoisotopic (exact) mass is 307 g/mol. The van der Waals surface area contributed by atoms with Crippen LogP contribution in [0.25, 0.3) is 0 Å². The van der Waals surface area contributed by atoms with Crippen molar-refractivity contribution in [1.29, 1.82) is 0 Å². The van der Waals surface area contributed by atoms with Gasteiger partial charge in [0.2, 0.25) is 5.91 Å². The Kier molecular flexibility index (Phi) is 3.29. The maximum absolute atomic E-state index is 14.7. The lowest BCUT2D eigenvalue weighted by atomic mass is 10.2. The molecule has 1 aliphatic rings. The quantitative estimate of drug-likeness (QED) is 0.878. The van der Waals surface area contributed by atoms with Crippen LogP contribution in [0.3, 0.4) is 0 Å². The Morgan fingerprint density at radius 3 is 3.00 bits per heavy atom. The van der Waals surface area contributed by atoms with Gasteiger partial charge in [0.15, 0.2) is 11.5 Å². The standard InChI is InChI=1S/C13H11ClFN5O/c1-7-2-3-16-12(19-7)13(15)5-8(13)11(21)20-10-4-9(14)17-6-18-10/h2-4,6,8H,5H2,1H3,(H,17,18,20,21)/t8-,13-/m1/s1. The second-order valence-corrected chi connectivity index (χ2v) is 5.24. The molecule has 2 aromatic heterocycles. The number of rotatable bonds is 3. The summed E-state index contributed by atoms with van der Waals surface area (Å²) >= 11 is 5.70. The summed E-state index contributed by atoms with van der Waals surface area (Å²) in [7, 11) is 0. The van der Waals surface area contributed by atoms with Gasteiger partial charge in [-0.15, -0.1) is 0 Å². The summed E-state index contributed by atoms with van der Waals surface area (Å²) < 4.78 is 14.7. The first-order valence-corrected chi connectivity index (χ1v) is 6.64. The molecule has 2 aromatic rings. The molecule has 108 valence electrons. The fourth-order valence-corrected chi connectivity index (χ4v) is 2.20. The van der Waals surface area contributed by atoms with Gasteiger partial charge in [-0.2, -0.15) is 0 Å². The van der Waals surface area contributed by atoms with Crippen LogP contribution in [-0.4, -0.2) is 25.8 Å². The van der Waals surface area contributed by atoms with Gasteiger partial charge in [0, 0.05) is 24.4 Å². The van der Waals surface area contributed by atoms with Gasteiger partial charge in [0.1, 0.15) is 17.3 Å². The lowest BCUT2D eigenvalue weighted by molar-refractivity contribution is -0.118. The third-order valence-electron chi connectivity index (χ3n) is 3.26. The summed E-state index contributed by atoms with van der Waals surface area (Å²) in [6.07, 6.45) is 2.76. The highest BCUT2D eigenvalue weighted by Gasteiger charge is 2.63. The SMILES string of the molecule is Cc1ccnc([C@@]2(F)C[C@@H]2C(=O)Nc2cc(Cl)ncn2)n1. The first-order valence-electron chi connectivity index (χ1n) is 6.26. The van der Waals surface area contributed by atoms with E-state index in [0.717, 1.165) is 0 Å². The summed E-state index contributed by atoms with van der Waals surface area (Å²) in [6.45, 7) is 1.74. The first kappa shape index (κ1) is 13.8. The summed E-state index contributed by atoms with van der Waals surface area (Å²) in [6, 6.07) is 3.07. The summed E-state index contributed by atoms with van der Waals surface area (Å²) in [5.41, 5.74) is -1.15. The van der Waals surface area contributed by atoms with Crippen molar-refractivity contribution in [2.45, 2.75) is 19.0 Å². The van der Waals surface area contributed by atoms with Crippen LogP contribution in [0.4, 0.5) is 10.2 Å². The van der Waals surface area contributed by atoms with Gasteiger partial charge in [-0.3, -0.25) is 4.79 Å². The summed E-state index contributed by atoms with van der Waals surface area (Å²) in [5, 5.41) is 2.71. The number of carbonyl (C=O) groups excluding carboxylic acids is 1. The molecule has 1 fully saturated rings. The van der Waals surface area contributed by atoms with E-state index in [4.69, 9.17) is 11.6 Å². The molecule has 21 heavy (non-hydrogen) atoms. The number of hydrogen-bond acceptors (Lipinski definition) is 5. The molecular weight excluding hydrogens is 297 g/mol. The lowest BCUT2D eigenvalue weighted by Gasteiger charge is -2.07. The number of carbonyl (C=O) groups is 1. The van der Waals surface area contributed by atoms with Gasteiger partial charge in [-0.05, 0) is 13.0 Å². The van der Waals surface area contributed by atoms with E-state index in [-0.39, 0.29) is 23.2 Å². The zero-order chi connectivity index (χ0) is 15.0. The molecule has 0 aliphatic heterocycles. The highest BCUT2D eigenvalue weighted by Crippen LogP contribution is 2.54. The number of nitrogens with one attached hydrogen (secondary N) is 1. The van der Waals surface area contributed by atoms with Gasteiger partial charge in [-0.1, -0.05) is 11.6 Å². The zero-order valence-corrected chi connectivity index (χ0v) is 11.8. The maximum atomic E-state index is 14.7. The molecule has 1 N–H and O–H groups in total. The van der Waals surface area contributed by atoms with Crippen LogP contribution in [0.1, 0.15) is 17.9 Å². The van der Waals surface area contributed by atoms with E-state index in [2.05, 4.69) is 25.3 Å². The van der Waals surface area contributed by atoms with Crippen molar-refractivity contribution in [3.8, 4) is 0 Å². The number of aryl methyl sites for hydroxylation is 1. The van der Waals surface area contributed by atoms with E-state index in [9.17, 15) is 9.18 Å². The number of hydrogen-bond donors (Lipinski definition) is 1. The Morgan fingerprint density at radius 1 is 1.48 bits per heavy atom. The molecule has 0 spiro atoms. The molecule has 1 amide bonds. The minimum absolute atomic E-state index is 0.0448. The van der Waals surface area contributed by atoms with Gasteiger partial charge >= 0.3 is 0 Å². The van der Waals surface area contributed by atoms with E-state index < -0.39 is 17.5 Å². The van der Waals surface area contributed by atoms with Crippen LogP contribution in [0, 0.1) is 12.8 Å². The Balaban J connectivity index is 1.73. The van der Waals surface area contributed by atoms with Crippen LogP contribution < -0.4 is 5.32 Å². The van der Waals surface area contributed by atoms with E-state index >= 15 is 0 Å². The topological polar surface area (TPSA) is 80.7 Å². The Hall–Kier alpha value is -2.15. The molecular formula is C13H11ClFN5O. The molecule has 0 aromatic carbocycles. The van der Waals surface area contributed by atoms with Crippen molar-refractivity contribution < 1.29 is 9.18 Å². The van der Waals surface area contributed by atoms with E-state index in [1.54, 1.807) is 13.0 Å². The fraction of sp³-hybridized carbons (Fsp3) is 0.308. The summed E-state index contributed by atoms with van der Waals surface area (Å²) in [4.78, 5) is 27.6. The van der Waals surface area contributed by atoms with Crippen molar-refractivity contribution in [2.75, 3.05) is 5.32 Å². The summed E-state index contributed by atoms with van der Waals surface area (Å²) in [5.74, 6) is -1.02. The predicted octanol–water partition coefficient (Wildman–Crippen LogP) is 2.05. The third-order valence-corrected chi connectivity index (χ3v) is 3.47. The molecule has 8 heteroatoms. The van der Waals surface area contributed by atoms with Crippen molar-refractivity contribution in [1.82, 2.24) is 19.9 Å². The van der Waals surface area contributed by atoms with Crippen LogP contribution in [0.15, 0.2) is 24.7 Å². The van der Waals surface area contributed by atoms with Crippen molar-refractivity contribution in [2.24, 2.45) is 5.92 Å². The highest BCUT2D eigenvalue weighted by molar-refractivity contribution is 6.29. The predicted molar refractivity (Wildman–Crippen MR) is 73.3 cm³/mol. The van der Waals surface area contributed by atoms with Crippen molar-refractivity contribution in [3.63, 3.8) is 0 Å². The minimum atomic E-state index is -1.81. The second kappa shape index (κ2) is 5.00. The average molecular weight is 308 g/mol. The van der Waals surface area contributed by atoms with Crippen LogP contribution in [0.5, 0.6) is 0 Å². The van der Waals surface area contributed by atoms with Gasteiger partial charge in [0.25, 0.3) is 0 Å². The fourth-order valence-electron chi connectivity index (χ4n) is 2.05. The smallest absolute Gasteiger partial charge is 0.232 e. The highest BCUT2D eigenvalue weighted by atomic mass is 35.5. The number of amides is 1. The normalized spacial score (nSPS) is 23.7. The zero-order valence-electron chi connectivity index (χ0n) is 11.0. The van der Waals surface area contributed by atoms with Crippen LogP contribution >= 0.6 is 11.6 Å². The Morgan fingerprint density at radius 2 is 2.29 bits per heavy atom. The molecule has 1 aliphatic carbocycles. The van der Waals surface area contributed by atoms with Crippen LogP contribution in [0.2, 0.25) is 5.15 Å². The lowest BCUT2D eigenvalue weighted by Crippen LogP contribution is -2.20. The molecule has 2 heterocycles. The van der Waals surface area contributed by atoms with E-state index in [0.29, 0.717) is 5.69 Å². The van der Waals surface area contributed by atoms with Gasteiger partial charge in [-0.25, -0.2) is 24.3 Å². The number of nitrogens with zero attached hydrogens (tertiary/aromatic N) is 4. The molecule has 6 nitrogen and oxygen atoms in total. The van der Waals surface area contributed by atoms with Crippen molar-refractivity contribution >= 4 is 23.3 Å². The largest absolute Gasteiger partial charge is 0.310 e. The van der Waals surface area contributed by atoms with Gasteiger partial charge < -0.3 is 5.32 Å². The third kappa shape index (κ3) is 2.69. The first-order chi connectivity index (χ1) is 9.99. The Bertz CT molecular complexity index is 712. The number of alkyl halides is 1. The molecule has 1 saturated carbocycles. The number of aromatic nitrogens is 4. The second-order valence-electron chi connectivity index (χ2n) is 4.86. The molecule has 2 atom stereocenters. The number of anilines is 1. The van der Waals surface area contributed by atoms with E-state index in [1.165, 1.54) is 18.6 Å². The number of halogens is 2. The van der Waals surface area contributed by atoms with Crippen molar-refractivity contribution in [3.05, 3.63) is 41.3 Å². The molecule has 0 saturated heterocycles.